The molecular formula is C31H25F8N3O3. The van der Waals surface area contributed by atoms with Crippen LogP contribution in [-0.4, -0.2) is 35.8 Å². The van der Waals surface area contributed by atoms with Gasteiger partial charge in [0.1, 0.15) is 29.5 Å². The van der Waals surface area contributed by atoms with Crippen LogP contribution in [0, 0.1) is 35.0 Å². The highest BCUT2D eigenvalue weighted by Gasteiger charge is 2.47. The Kier molecular flexibility index (Phi) is 8.60. The normalized spacial score (nSPS) is 20.2. The Morgan fingerprint density at radius 2 is 1.67 bits per heavy atom. The molecule has 0 aromatic heterocycles. The summed E-state index contributed by atoms with van der Waals surface area (Å²) >= 11 is 0. The highest BCUT2D eigenvalue weighted by molar-refractivity contribution is 6.03. The maximum Gasteiger partial charge on any atom is 0.417 e. The van der Waals surface area contributed by atoms with Crippen molar-refractivity contribution < 1.29 is 49.5 Å². The van der Waals surface area contributed by atoms with Gasteiger partial charge in [-0.1, -0.05) is 25.1 Å². The zero-order valence-corrected chi connectivity index (χ0v) is 23.5. The predicted octanol–water partition coefficient (Wildman–Crippen LogP) is 5.61. The third kappa shape index (κ3) is 6.50. The lowest BCUT2D eigenvalue weighted by Gasteiger charge is -2.28. The molecular weight excluding hydrogens is 614 g/mol. The fourth-order valence-corrected chi connectivity index (χ4v) is 5.49. The summed E-state index contributed by atoms with van der Waals surface area (Å²) in [6, 6.07) is 2.90. The molecule has 3 amide bonds. The van der Waals surface area contributed by atoms with Crippen molar-refractivity contribution in [2.24, 2.45) is 5.92 Å². The van der Waals surface area contributed by atoms with Gasteiger partial charge in [0.2, 0.25) is 11.8 Å². The van der Waals surface area contributed by atoms with Crippen molar-refractivity contribution in [3.05, 3.63) is 99.9 Å². The van der Waals surface area contributed by atoms with Crippen molar-refractivity contribution in [2.45, 2.75) is 56.9 Å². The summed E-state index contributed by atoms with van der Waals surface area (Å²) in [5, 5.41) is 4.51. The van der Waals surface area contributed by atoms with E-state index in [1.807, 2.05) is 0 Å². The van der Waals surface area contributed by atoms with Gasteiger partial charge >= 0.3 is 6.18 Å². The van der Waals surface area contributed by atoms with E-state index in [2.05, 4.69) is 10.6 Å². The summed E-state index contributed by atoms with van der Waals surface area (Å²) < 4.78 is 113. The number of hydrogen-bond acceptors (Lipinski definition) is 3. The molecule has 2 aliphatic rings. The summed E-state index contributed by atoms with van der Waals surface area (Å²) in [6.45, 7) is 1.75. The molecule has 0 bridgehead atoms. The Balaban J connectivity index is 1.46. The van der Waals surface area contributed by atoms with Gasteiger partial charge in [-0.2, -0.15) is 13.2 Å². The molecule has 3 aromatic carbocycles. The average Bonchev–Trinajstić information content (AvgIpc) is 3.71. The first-order chi connectivity index (χ1) is 21.2. The second-order valence-corrected chi connectivity index (χ2v) is 11.1. The van der Waals surface area contributed by atoms with Crippen LogP contribution in [0.3, 0.4) is 0 Å². The van der Waals surface area contributed by atoms with Gasteiger partial charge in [-0.3, -0.25) is 14.4 Å². The van der Waals surface area contributed by atoms with Crippen molar-refractivity contribution in [3.8, 4) is 0 Å². The molecule has 1 fully saturated rings. The predicted molar refractivity (Wildman–Crippen MR) is 144 cm³/mol. The summed E-state index contributed by atoms with van der Waals surface area (Å²) in [7, 11) is 0. The number of nitrogens with one attached hydrogen (secondary N) is 2. The van der Waals surface area contributed by atoms with Gasteiger partial charge < -0.3 is 15.5 Å². The first-order valence-corrected chi connectivity index (χ1v) is 13.9. The van der Waals surface area contributed by atoms with Crippen LogP contribution < -0.4 is 15.5 Å². The summed E-state index contributed by atoms with van der Waals surface area (Å²) in [5.41, 5.74) is -3.59. The average molecular weight is 640 g/mol. The second kappa shape index (κ2) is 12.1. The molecule has 45 heavy (non-hydrogen) atoms. The standard InChI is InChI=1S/C31H25F8N3O3/c1-14-10-25(14)42-27-18(26(36)21(34)13-22(27)35)8-9-23(30(42)45)40-29(44)24(11-15-4-2-3-5-20(15)33)41-28(43)17-7-6-16(32)12-19(17)31(37,38)39/h2-7,12-14,23-25H,8-11H2,1H3,(H,40,44)(H,41,43)/t14?,23-,24-,25?/m1/s1. The lowest BCUT2D eigenvalue weighted by atomic mass is 10.0. The van der Waals surface area contributed by atoms with E-state index >= 15 is 4.39 Å². The Labute approximate surface area is 251 Å². The van der Waals surface area contributed by atoms with Gasteiger partial charge in [0, 0.05) is 24.1 Å². The molecule has 1 aliphatic heterocycles. The van der Waals surface area contributed by atoms with Gasteiger partial charge in [0.25, 0.3) is 5.91 Å². The SMILES string of the molecule is CC1CC1N1C(=O)[C@H](NC(=O)[C@@H](Cc2ccccc2F)NC(=O)c2ccc(F)cc2C(F)(F)F)CCc2c(F)c(F)cc(F)c21. The number of halogens is 8. The van der Waals surface area contributed by atoms with E-state index in [-0.39, 0.29) is 30.4 Å². The van der Waals surface area contributed by atoms with E-state index in [0.29, 0.717) is 24.6 Å². The summed E-state index contributed by atoms with van der Waals surface area (Å²) in [6.07, 6.45) is -6.01. The fraction of sp³-hybridized carbons (Fsp3) is 0.323. The lowest BCUT2D eigenvalue weighted by Crippen LogP contribution is -2.55. The van der Waals surface area contributed by atoms with Crippen LogP contribution in [0.15, 0.2) is 48.5 Å². The van der Waals surface area contributed by atoms with Gasteiger partial charge in [-0.05, 0) is 55.0 Å². The minimum Gasteiger partial charge on any atom is -0.342 e. The second-order valence-electron chi connectivity index (χ2n) is 11.1. The van der Waals surface area contributed by atoms with Crippen molar-refractivity contribution in [1.82, 2.24) is 10.6 Å². The molecule has 2 unspecified atom stereocenters. The molecule has 5 rings (SSSR count). The maximum atomic E-state index is 15.0. The summed E-state index contributed by atoms with van der Waals surface area (Å²) in [5.74, 6) is -9.60. The molecule has 6 nitrogen and oxygen atoms in total. The Morgan fingerprint density at radius 1 is 0.978 bits per heavy atom. The number of carbonyl (C=O) groups is 3. The van der Waals surface area contributed by atoms with Crippen LogP contribution in [0.5, 0.6) is 0 Å². The number of fused-ring (bicyclic) bond motifs is 1. The molecule has 1 aliphatic carbocycles. The van der Waals surface area contributed by atoms with Crippen molar-refractivity contribution >= 4 is 23.4 Å². The number of carbonyl (C=O) groups excluding carboxylic acids is 3. The van der Waals surface area contributed by atoms with Crippen LogP contribution in [0.1, 0.15) is 46.8 Å². The molecule has 0 radical (unpaired) electrons. The maximum absolute atomic E-state index is 15.0. The molecule has 14 heteroatoms. The monoisotopic (exact) mass is 639 g/mol. The number of benzene rings is 3. The number of nitrogens with zero attached hydrogens (tertiary/aromatic N) is 1. The van der Waals surface area contributed by atoms with Crippen molar-refractivity contribution in [3.63, 3.8) is 0 Å². The van der Waals surface area contributed by atoms with Gasteiger partial charge in [0.05, 0.1) is 16.8 Å². The van der Waals surface area contributed by atoms with Crippen LogP contribution >= 0.6 is 0 Å². The molecule has 0 saturated heterocycles. The first-order valence-electron chi connectivity index (χ1n) is 13.9. The van der Waals surface area contributed by atoms with Crippen molar-refractivity contribution in [1.29, 1.82) is 0 Å². The molecule has 0 spiro atoms. The van der Waals surface area contributed by atoms with E-state index in [1.54, 1.807) is 6.92 Å². The Hall–Kier alpha value is -4.49. The van der Waals surface area contributed by atoms with Gasteiger partial charge in [0.15, 0.2) is 11.6 Å². The van der Waals surface area contributed by atoms with E-state index < -0.39 is 99.9 Å². The molecule has 1 saturated carbocycles. The first kappa shape index (κ1) is 31.9. The Bertz CT molecular complexity index is 1680. The minimum atomic E-state index is -5.15. The third-order valence-corrected chi connectivity index (χ3v) is 7.95. The molecule has 2 N–H and O–H groups in total. The minimum absolute atomic E-state index is 0.108. The quantitative estimate of drug-likeness (QED) is 0.261. The van der Waals surface area contributed by atoms with E-state index in [1.165, 1.54) is 18.2 Å². The molecule has 1 heterocycles. The number of rotatable bonds is 7. The number of anilines is 1. The van der Waals surface area contributed by atoms with Crippen LogP contribution in [-0.2, 0) is 28.6 Å². The van der Waals surface area contributed by atoms with E-state index in [0.717, 1.165) is 11.0 Å². The fourth-order valence-electron chi connectivity index (χ4n) is 5.49. The highest BCUT2D eigenvalue weighted by Crippen LogP contribution is 2.43. The van der Waals surface area contributed by atoms with E-state index in [4.69, 9.17) is 0 Å². The van der Waals surface area contributed by atoms with Crippen LogP contribution in [0.25, 0.3) is 0 Å². The van der Waals surface area contributed by atoms with Crippen molar-refractivity contribution in [2.75, 3.05) is 4.90 Å². The number of amides is 3. The molecule has 4 atom stereocenters. The topological polar surface area (TPSA) is 78.5 Å². The Morgan fingerprint density at radius 3 is 2.31 bits per heavy atom. The number of hydrogen-bond donors (Lipinski definition) is 2. The highest BCUT2D eigenvalue weighted by atomic mass is 19.4. The third-order valence-electron chi connectivity index (χ3n) is 7.95. The van der Waals surface area contributed by atoms with Crippen LogP contribution in [0.2, 0.25) is 0 Å². The summed E-state index contributed by atoms with van der Waals surface area (Å²) in [4.78, 5) is 41.3. The molecule has 3 aromatic rings. The van der Waals surface area contributed by atoms with Gasteiger partial charge in [-0.15, -0.1) is 0 Å². The largest absolute Gasteiger partial charge is 0.417 e. The smallest absolute Gasteiger partial charge is 0.342 e. The molecule has 238 valence electrons. The van der Waals surface area contributed by atoms with E-state index in [9.17, 15) is 45.1 Å². The zero-order chi connectivity index (χ0) is 32.8. The van der Waals surface area contributed by atoms with Crippen LogP contribution in [0.4, 0.5) is 40.8 Å². The lowest BCUT2D eigenvalue weighted by molar-refractivity contribution is -0.138. The zero-order valence-electron chi connectivity index (χ0n) is 23.5. The van der Waals surface area contributed by atoms with Gasteiger partial charge in [-0.25, -0.2) is 22.0 Å². The number of alkyl halides is 3.